The number of carbonyl (C=O) groups is 1. The maximum Gasteiger partial charge on any atom is 0.330 e. The van der Waals surface area contributed by atoms with Crippen molar-refractivity contribution >= 4 is 12.0 Å². The van der Waals surface area contributed by atoms with Crippen molar-refractivity contribution in [1.29, 1.82) is 0 Å². The fourth-order valence-electron chi connectivity index (χ4n) is 4.21. The van der Waals surface area contributed by atoms with Crippen LogP contribution in [0.25, 0.3) is 6.08 Å². The molecule has 4 rings (SSSR count). The molecule has 15 nitrogen and oxygen atoms in total. The smallest absolute Gasteiger partial charge is 0.330 e. The molecular weight excluding hydrogens is 528 g/mol. The van der Waals surface area contributed by atoms with Crippen LogP contribution in [0.3, 0.4) is 0 Å². The molecule has 218 valence electrons. The van der Waals surface area contributed by atoms with Crippen molar-refractivity contribution in [3.8, 4) is 5.75 Å². The number of ether oxygens (including phenoxy) is 6. The summed E-state index contributed by atoms with van der Waals surface area (Å²) in [6.45, 7) is -1.17. The zero-order valence-electron chi connectivity index (χ0n) is 20.4. The molecule has 0 radical (unpaired) electrons. The first-order valence-corrected chi connectivity index (χ1v) is 12.1. The number of rotatable bonds is 8. The summed E-state index contributed by atoms with van der Waals surface area (Å²) in [5.74, 6) is -0.695. The SMILES string of the molecule is O=C(/C=C/c1ccc(O)cc1)OC[C@@H]1O[C@@H](O[C@@H]2[C@@H](O)[C@H](O[C@@H]3COC(O)[C@H](O)[C@H]3O)OC[C@H]2O)[C@H](O)[C@H]1O. The van der Waals surface area contributed by atoms with Gasteiger partial charge in [-0.25, -0.2) is 4.79 Å². The second kappa shape index (κ2) is 12.9. The largest absolute Gasteiger partial charge is 0.508 e. The van der Waals surface area contributed by atoms with Gasteiger partial charge >= 0.3 is 5.97 Å². The van der Waals surface area contributed by atoms with Gasteiger partial charge in [-0.2, -0.15) is 0 Å². The Balaban J connectivity index is 1.29. The second-order valence-electron chi connectivity index (χ2n) is 9.32. The summed E-state index contributed by atoms with van der Waals surface area (Å²) < 4.78 is 31.7. The van der Waals surface area contributed by atoms with Crippen molar-refractivity contribution in [2.75, 3.05) is 19.8 Å². The molecule has 0 aliphatic carbocycles. The number of aliphatic hydroxyl groups is 7. The lowest BCUT2D eigenvalue weighted by Crippen LogP contribution is -2.60. The lowest BCUT2D eigenvalue weighted by molar-refractivity contribution is -0.338. The molecule has 0 saturated carbocycles. The van der Waals surface area contributed by atoms with Gasteiger partial charge in [0.2, 0.25) is 0 Å². The molecule has 1 aromatic rings. The molecule has 0 aromatic heterocycles. The zero-order valence-corrected chi connectivity index (χ0v) is 20.4. The van der Waals surface area contributed by atoms with Crippen molar-refractivity contribution in [1.82, 2.24) is 0 Å². The molecular formula is C24H32O15. The molecule has 3 saturated heterocycles. The molecule has 0 bridgehead atoms. The monoisotopic (exact) mass is 560 g/mol. The number of aromatic hydroxyl groups is 1. The van der Waals surface area contributed by atoms with E-state index in [0.717, 1.165) is 6.08 Å². The Morgan fingerprint density at radius 3 is 2.28 bits per heavy atom. The highest BCUT2D eigenvalue weighted by Gasteiger charge is 2.50. The van der Waals surface area contributed by atoms with E-state index in [1.165, 1.54) is 18.2 Å². The van der Waals surface area contributed by atoms with E-state index in [0.29, 0.717) is 5.56 Å². The van der Waals surface area contributed by atoms with Gasteiger partial charge in [-0.3, -0.25) is 0 Å². The minimum atomic E-state index is -1.68. The van der Waals surface area contributed by atoms with Gasteiger partial charge in [0.05, 0.1) is 13.2 Å². The molecule has 12 atom stereocenters. The molecule has 39 heavy (non-hydrogen) atoms. The van der Waals surface area contributed by atoms with Crippen LogP contribution in [0.15, 0.2) is 30.3 Å². The van der Waals surface area contributed by atoms with Gasteiger partial charge in [0, 0.05) is 6.08 Å². The van der Waals surface area contributed by atoms with Crippen LogP contribution < -0.4 is 0 Å². The summed E-state index contributed by atoms with van der Waals surface area (Å²) in [4.78, 5) is 12.0. The van der Waals surface area contributed by atoms with E-state index >= 15 is 0 Å². The predicted octanol–water partition coefficient (Wildman–Crippen LogP) is -3.69. The number of phenols is 1. The lowest BCUT2D eigenvalue weighted by Gasteiger charge is -2.42. The summed E-state index contributed by atoms with van der Waals surface area (Å²) in [6, 6.07) is 6.04. The summed E-state index contributed by atoms with van der Waals surface area (Å²) in [6.07, 6.45) is -15.4. The van der Waals surface area contributed by atoms with Crippen molar-refractivity contribution in [3.05, 3.63) is 35.9 Å². The number of benzene rings is 1. The molecule has 3 aliphatic heterocycles. The molecule has 0 spiro atoms. The molecule has 0 amide bonds. The number of esters is 1. The normalized spacial score (nSPS) is 41.1. The van der Waals surface area contributed by atoms with Crippen LogP contribution in [0.4, 0.5) is 0 Å². The number of carbonyl (C=O) groups excluding carboxylic acids is 1. The topological polar surface area (TPSA) is 234 Å². The van der Waals surface area contributed by atoms with Crippen molar-refractivity contribution in [3.63, 3.8) is 0 Å². The highest BCUT2D eigenvalue weighted by Crippen LogP contribution is 2.29. The molecule has 8 N–H and O–H groups in total. The van der Waals surface area contributed by atoms with Crippen LogP contribution in [0.2, 0.25) is 0 Å². The van der Waals surface area contributed by atoms with Crippen molar-refractivity contribution in [2.45, 2.75) is 73.8 Å². The van der Waals surface area contributed by atoms with Crippen LogP contribution in [-0.4, -0.2) is 140 Å². The number of hydrogen-bond acceptors (Lipinski definition) is 15. The fraction of sp³-hybridized carbons (Fsp3) is 0.625. The van der Waals surface area contributed by atoms with Crippen LogP contribution in [0, 0.1) is 0 Å². The Labute approximate surface area is 221 Å². The van der Waals surface area contributed by atoms with E-state index in [2.05, 4.69) is 0 Å². The first-order chi connectivity index (χ1) is 18.5. The van der Waals surface area contributed by atoms with E-state index in [4.69, 9.17) is 28.4 Å². The summed E-state index contributed by atoms with van der Waals surface area (Å²) >= 11 is 0. The highest BCUT2D eigenvalue weighted by molar-refractivity contribution is 5.87. The van der Waals surface area contributed by atoms with Gasteiger partial charge in [0.1, 0.15) is 67.3 Å². The Kier molecular flexibility index (Phi) is 9.87. The average molecular weight is 561 g/mol. The Hall–Kier alpha value is -2.25. The van der Waals surface area contributed by atoms with Crippen LogP contribution in [0.5, 0.6) is 5.75 Å². The van der Waals surface area contributed by atoms with Gasteiger partial charge in [-0.15, -0.1) is 0 Å². The Morgan fingerprint density at radius 2 is 1.56 bits per heavy atom. The number of aliphatic hydroxyl groups excluding tert-OH is 7. The molecule has 3 heterocycles. The fourth-order valence-corrected chi connectivity index (χ4v) is 4.21. The van der Waals surface area contributed by atoms with Crippen LogP contribution in [-0.2, 0) is 33.2 Å². The maximum atomic E-state index is 12.0. The quantitative estimate of drug-likeness (QED) is 0.113. The van der Waals surface area contributed by atoms with E-state index < -0.39 is 86.4 Å². The van der Waals surface area contributed by atoms with Crippen molar-refractivity contribution in [2.24, 2.45) is 0 Å². The Bertz CT molecular complexity index is 973. The highest BCUT2D eigenvalue weighted by atomic mass is 16.7. The molecule has 15 heteroatoms. The van der Waals surface area contributed by atoms with Crippen molar-refractivity contribution < 1.29 is 74.1 Å². The van der Waals surface area contributed by atoms with Crippen LogP contribution >= 0.6 is 0 Å². The molecule has 1 aromatic carbocycles. The Morgan fingerprint density at radius 1 is 0.846 bits per heavy atom. The van der Waals surface area contributed by atoms with Gasteiger partial charge in [0.15, 0.2) is 18.9 Å². The molecule has 3 aliphatic rings. The number of phenolic OH excluding ortho intramolecular Hbond substituents is 1. The second-order valence-corrected chi connectivity index (χ2v) is 9.32. The summed E-state index contributed by atoms with van der Waals surface area (Å²) in [5, 5.41) is 80.3. The molecule has 3 fully saturated rings. The summed E-state index contributed by atoms with van der Waals surface area (Å²) in [7, 11) is 0. The maximum absolute atomic E-state index is 12.0. The minimum Gasteiger partial charge on any atom is -0.508 e. The lowest BCUT2D eigenvalue weighted by atomic mass is 10.0. The first-order valence-electron chi connectivity index (χ1n) is 12.1. The zero-order chi connectivity index (χ0) is 28.3. The summed E-state index contributed by atoms with van der Waals surface area (Å²) in [5.41, 5.74) is 0.626. The first kappa shape index (κ1) is 29.7. The third kappa shape index (κ3) is 7.10. The van der Waals surface area contributed by atoms with E-state index in [9.17, 15) is 45.6 Å². The van der Waals surface area contributed by atoms with Gasteiger partial charge < -0.3 is 69.3 Å². The van der Waals surface area contributed by atoms with Gasteiger partial charge in [-0.05, 0) is 23.8 Å². The standard InChI is InChI=1S/C24H32O15/c25-11-4-1-10(2-5-11)3-6-15(27)34-8-13-17(29)19(31)24(38-13)39-21-12(26)7-36-23(20(21)32)37-14-9-35-22(33)18(30)16(14)28/h1-6,12-14,16-26,28-33H,7-9H2/b6-3+/t12-,13+,14-,16+,17+,18-,19-,20-,21+,22?,23+,24+/m1/s1. The van der Waals surface area contributed by atoms with Crippen LogP contribution in [0.1, 0.15) is 5.56 Å². The molecule has 1 unspecified atom stereocenters. The minimum absolute atomic E-state index is 0.0689. The third-order valence-electron chi connectivity index (χ3n) is 6.49. The van der Waals surface area contributed by atoms with Gasteiger partial charge in [0.25, 0.3) is 0 Å². The number of hydrogen-bond donors (Lipinski definition) is 8. The van der Waals surface area contributed by atoms with E-state index in [1.54, 1.807) is 12.1 Å². The van der Waals surface area contributed by atoms with E-state index in [-0.39, 0.29) is 19.0 Å². The van der Waals surface area contributed by atoms with Gasteiger partial charge in [-0.1, -0.05) is 12.1 Å². The third-order valence-corrected chi connectivity index (χ3v) is 6.49. The predicted molar refractivity (Wildman–Crippen MR) is 124 cm³/mol. The average Bonchev–Trinajstić information content (AvgIpc) is 3.18. The van der Waals surface area contributed by atoms with E-state index in [1.807, 2.05) is 0 Å².